The van der Waals surface area contributed by atoms with Crippen molar-refractivity contribution >= 4 is 45.7 Å². The van der Waals surface area contributed by atoms with Crippen LogP contribution in [0, 0.1) is 0 Å². The summed E-state index contributed by atoms with van der Waals surface area (Å²) in [4.78, 5) is 30.0. The minimum atomic E-state index is -0.485. The molecule has 0 amide bonds. The number of carbonyl (C=O) groups excluding carboxylic acids is 1. The summed E-state index contributed by atoms with van der Waals surface area (Å²) in [6, 6.07) is 19.1. The van der Waals surface area contributed by atoms with Crippen molar-refractivity contribution in [3.8, 4) is 23.1 Å². The Labute approximate surface area is 228 Å². The van der Waals surface area contributed by atoms with Crippen molar-refractivity contribution in [3.63, 3.8) is 0 Å². The van der Waals surface area contributed by atoms with Crippen molar-refractivity contribution in [2.24, 2.45) is 5.10 Å². The summed E-state index contributed by atoms with van der Waals surface area (Å²) in [6.45, 7) is 3.27. The van der Waals surface area contributed by atoms with E-state index in [0.717, 1.165) is 5.39 Å². The Morgan fingerprint density at radius 2 is 1.92 bits per heavy atom. The fraction of sp³-hybridized carbons (Fsp3) is 0.172. The minimum absolute atomic E-state index is 0.234. The number of hydrogen-bond donors (Lipinski definition) is 0. The van der Waals surface area contributed by atoms with Gasteiger partial charge in [0.15, 0.2) is 23.9 Å². The molecule has 0 radical (unpaired) electrons. The van der Waals surface area contributed by atoms with Crippen molar-refractivity contribution in [3.05, 3.63) is 87.7 Å². The zero-order valence-electron chi connectivity index (χ0n) is 21.4. The van der Waals surface area contributed by atoms with Crippen molar-refractivity contribution < 1.29 is 23.4 Å². The molecular weight excluding hydrogens is 522 g/mol. The maximum Gasteiger partial charge on any atom is 0.344 e. The van der Waals surface area contributed by atoms with E-state index in [4.69, 9.17) is 30.2 Å². The lowest BCUT2D eigenvalue weighted by atomic mass is 10.2. The second-order valence-corrected chi connectivity index (χ2v) is 9.28. The SMILES string of the molecule is COc1cc(C=Nn2c(-c3cc4cc(Cl)ccc4o3)nc3ccccc3c2=O)ccc1OCC(=O)OC(C)C. The van der Waals surface area contributed by atoms with Crippen LogP contribution in [0.1, 0.15) is 19.4 Å². The van der Waals surface area contributed by atoms with Crippen LogP contribution in [0.25, 0.3) is 33.5 Å². The lowest BCUT2D eigenvalue weighted by molar-refractivity contribution is -0.149. The molecule has 3 aromatic carbocycles. The Bertz CT molecular complexity index is 1770. The Morgan fingerprint density at radius 1 is 1.10 bits per heavy atom. The van der Waals surface area contributed by atoms with Crippen molar-refractivity contribution in [1.29, 1.82) is 0 Å². The molecule has 9 nitrogen and oxygen atoms in total. The normalized spacial score (nSPS) is 11.5. The van der Waals surface area contributed by atoms with Crippen LogP contribution in [0.2, 0.25) is 5.02 Å². The van der Waals surface area contributed by atoms with Crippen LogP contribution in [0.15, 0.2) is 81.0 Å². The highest BCUT2D eigenvalue weighted by Gasteiger charge is 2.17. The Morgan fingerprint density at radius 3 is 2.72 bits per heavy atom. The summed E-state index contributed by atoms with van der Waals surface area (Å²) in [6.07, 6.45) is 1.26. The molecule has 39 heavy (non-hydrogen) atoms. The van der Waals surface area contributed by atoms with Crippen LogP contribution in [0.5, 0.6) is 11.5 Å². The molecule has 0 unspecified atom stereocenters. The monoisotopic (exact) mass is 545 g/mol. The van der Waals surface area contributed by atoms with Crippen LogP contribution < -0.4 is 15.0 Å². The molecule has 2 heterocycles. The average Bonchev–Trinajstić information content (AvgIpc) is 3.34. The molecule has 0 atom stereocenters. The predicted octanol–water partition coefficient (Wildman–Crippen LogP) is 5.68. The summed E-state index contributed by atoms with van der Waals surface area (Å²) < 4.78 is 23.3. The molecule has 10 heteroatoms. The van der Waals surface area contributed by atoms with Crippen LogP contribution in [-0.2, 0) is 9.53 Å². The van der Waals surface area contributed by atoms with Crippen molar-refractivity contribution in [1.82, 2.24) is 9.66 Å². The molecule has 0 spiro atoms. The number of methoxy groups -OCH3 is 1. The number of fused-ring (bicyclic) bond motifs is 2. The summed E-state index contributed by atoms with van der Waals surface area (Å²) in [5.74, 6) is 0.859. The maximum absolute atomic E-state index is 13.5. The minimum Gasteiger partial charge on any atom is -0.493 e. The number of aromatic nitrogens is 2. The fourth-order valence-electron chi connectivity index (χ4n) is 3.96. The lowest BCUT2D eigenvalue weighted by Gasteiger charge is -2.12. The molecule has 0 saturated heterocycles. The Balaban J connectivity index is 1.52. The van der Waals surface area contributed by atoms with E-state index in [2.05, 4.69) is 10.1 Å². The highest BCUT2D eigenvalue weighted by atomic mass is 35.5. The summed E-state index contributed by atoms with van der Waals surface area (Å²) in [5.41, 5.74) is 1.37. The number of nitrogens with zero attached hydrogens (tertiary/aromatic N) is 3. The largest absolute Gasteiger partial charge is 0.493 e. The van der Waals surface area contributed by atoms with Gasteiger partial charge >= 0.3 is 5.97 Å². The van der Waals surface area contributed by atoms with E-state index in [1.165, 1.54) is 18.0 Å². The molecule has 5 rings (SSSR count). The maximum atomic E-state index is 13.5. The third-order valence-corrected chi connectivity index (χ3v) is 5.91. The van der Waals surface area contributed by atoms with E-state index in [-0.39, 0.29) is 24.1 Å². The van der Waals surface area contributed by atoms with Gasteiger partial charge in [-0.25, -0.2) is 9.78 Å². The molecule has 0 fully saturated rings. The number of furan rings is 1. The lowest BCUT2D eigenvalue weighted by Crippen LogP contribution is -2.20. The third kappa shape index (κ3) is 5.63. The molecule has 5 aromatic rings. The molecule has 198 valence electrons. The van der Waals surface area contributed by atoms with E-state index in [1.807, 2.05) is 6.07 Å². The van der Waals surface area contributed by atoms with E-state index in [1.54, 1.807) is 74.5 Å². The van der Waals surface area contributed by atoms with E-state index in [0.29, 0.717) is 44.3 Å². The Kier molecular flexibility index (Phi) is 7.33. The zero-order chi connectivity index (χ0) is 27.5. The second-order valence-electron chi connectivity index (χ2n) is 8.84. The highest BCUT2D eigenvalue weighted by Crippen LogP contribution is 2.30. The molecule has 0 aliphatic carbocycles. The first kappa shape index (κ1) is 26.0. The van der Waals surface area contributed by atoms with E-state index < -0.39 is 5.97 Å². The predicted molar refractivity (Wildman–Crippen MR) is 149 cm³/mol. The number of rotatable bonds is 8. The first-order chi connectivity index (χ1) is 18.8. The van der Waals surface area contributed by atoms with Gasteiger partial charge in [0.05, 0.1) is 30.3 Å². The van der Waals surface area contributed by atoms with Gasteiger partial charge in [-0.15, -0.1) is 0 Å². The van der Waals surface area contributed by atoms with Crippen LogP contribution in [-0.4, -0.2) is 41.7 Å². The smallest absolute Gasteiger partial charge is 0.344 e. The van der Waals surface area contributed by atoms with Crippen molar-refractivity contribution in [2.45, 2.75) is 20.0 Å². The first-order valence-corrected chi connectivity index (χ1v) is 12.5. The number of carbonyl (C=O) groups is 1. The standard InChI is InChI=1S/C29H24ClN3O6/c1-17(2)38-27(34)16-37-24-10-8-18(12-25(24)36-3)15-31-33-28(32-22-7-5-4-6-21(22)29(33)35)26-14-19-13-20(30)9-11-23(19)39-26/h4-15,17H,16H2,1-3H3. The first-order valence-electron chi connectivity index (χ1n) is 12.1. The molecule has 0 aliphatic rings. The number of esters is 1. The van der Waals surface area contributed by atoms with Crippen LogP contribution in [0.4, 0.5) is 0 Å². The molecule has 0 aliphatic heterocycles. The van der Waals surface area contributed by atoms with Gasteiger partial charge in [0.1, 0.15) is 5.58 Å². The van der Waals surface area contributed by atoms with Gasteiger partial charge in [-0.05, 0) is 74.0 Å². The average molecular weight is 546 g/mol. The van der Waals surface area contributed by atoms with Crippen LogP contribution in [0.3, 0.4) is 0 Å². The zero-order valence-corrected chi connectivity index (χ0v) is 22.1. The Hall–Kier alpha value is -4.63. The van der Waals surface area contributed by atoms with Crippen LogP contribution >= 0.6 is 11.6 Å². The van der Waals surface area contributed by atoms with Gasteiger partial charge in [0.25, 0.3) is 5.56 Å². The highest BCUT2D eigenvalue weighted by molar-refractivity contribution is 6.31. The second kappa shape index (κ2) is 11.0. The van der Waals surface area contributed by atoms with Gasteiger partial charge in [-0.3, -0.25) is 4.79 Å². The molecule has 0 N–H and O–H groups in total. The van der Waals surface area contributed by atoms with Gasteiger partial charge in [0, 0.05) is 10.4 Å². The fourth-order valence-corrected chi connectivity index (χ4v) is 4.14. The topological polar surface area (TPSA) is 105 Å². The quantitative estimate of drug-likeness (QED) is 0.182. The summed E-state index contributed by atoms with van der Waals surface area (Å²) in [5, 5.41) is 6.21. The van der Waals surface area contributed by atoms with E-state index in [9.17, 15) is 9.59 Å². The summed E-state index contributed by atoms with van der Waals surface area (Å²) in [7, 11) is 1.49. The van der Waals surface area contributed by atoms with Gasteiger partial charge in [-0.2, -0.15) is 9.78 Å². The molecule has 0 saturated carbocycles. The van der Waals surface area contributed by atoms with Gasteiger partial charge in [-0.1, -0.05) is 23.7 Å². The van der Waals surface area contributed by atoms with E-state index >= 15 is 0 Å². The van der Waals surface area contributed by atoms with Gasteiger partial charge in [0.2, 0.25) is 5.82 Å². The third-order valence-electron chi connectivity index (χ3n) is 5.68. The van der Waals surface area contributed by atoms with Crippen molar-refractivity contribution in [2.75, 3.05) is 13.7 Å². The number of halogens is 1. The number of ether oxygens (including phenoxy) is 3. The number of para-hydroxylation sites is 1. The number of hydrogen-bond acceptors (Lipinski definition) is 8. The molecule has 0 bridgehead atoms. The number of benzene rings is 3. The molecule has 2 aromatic heterocycles. The summed E-state index contributed by atoms with van der Waals surface area (Å²) >= 11 is 6.14. The molecular formula is C29H24ClN3O6. The van der Waals surface area contributed by atoms with Gasteiger partial charge < -0.3 is 18.6 Å².